The number of carbonyl (C=O) groups excluding carboxylic acids is 1. The van der Waals surface area contributed by atoms with Gasteiger partial charge in [0.2, 0.25) is 5.91 Å². The molecule has 1 heterocycles. The Labute approximate surface area is 156 Å². The van der Waals surface area contributed by atoms with Gasteiger partial charge in [0.1, 0.15) is 0 Å². The molecule has 1 aliphatic carbocycles. The lowest BCUT2D eigenvalue weighted by Gasteiger charge is -2.24. The van der Waals surface area contributed by atoms with Crippen LogP contribution in [0, 0.1) is 0 Å². The van der Waals surface area contributed by atoms with E-state index >= 15 is 0 Å². The van der Waals surface area contributed by atoms with Crippen LogP contribution < -0.4 is 5.32 Å². The summed E-state index contributed by atoms with van der Waals surface area (Å²) in [6.45, 7) is 0. The van der Waals surface area contributed by atoms with Gasteiger partial charge >= 0.3 is 0 Å². The standard InChI is InChI=1S/C21H21BrN2O/c1-24-19-9-5-3-7-16(19)17-13-15(10-11-20(17)24)23-21(25)12-14-6-2-4-8-18(14)22/h2-9,15H,10-13H2,1H3,(H,23,25). The minimum atomic E-state index is 0.0978. The van der Waals surface area contributed by atoms with Crippen molar-refractivity contribution in [2.75, 3.05) is 0 Å². The Hall–Kier alpha value is -2.07. The largest absolute Gasteiger partial charge is 0.353 e. The summed E-state index contributed by atoms with van der Waals surface area (Å²) in [5.41, 5.74) is 5.13. The molecule has 1 unspecified atom stereocenters. The molecule has 1 N–H and O–H groups in total. The van der Waals surface area contributed by atoms with E-state index in [1.54, 1.807) is 0 Å². The van der Waals surface area contributed by atoms with Gasteiger partial charge in [-0.25, -0.2) is 0 Å². The average molecular weight is 397 g/mol. The van der Waals surface area contributed by atoms with Crippen LogP contribution in [0.1, 0.15) is 23.2 Å². The molecule has 3 aromatic rings. The predicted molar refractivity (Wildman–Crippen MR) is 105 cm³/mol. The van der Waals surface area contributed by atoms with Gasteiger partial charge in [-0.05, 0) is 42.5 Å². The number of amides is 1. The number of hydrogen-bond acceptors (Lipinski definition) is 1. The Morgan fingerprint density at radius 3 is 2.80 bits per heavy atom. The molecule has 1 amide bonds. The van der Waals surface area contributed by atoms with Crippen LogP contribution in [-0.4, -0.2) is 16.5 Å². The highest BCUT2D eigenvalue weighted by Crippen LogP contribution is 2.31. The van der Waals surface area contributed by atoms with Gasteiger partial charge in [0.25, 0.3) is 0 Å². The molecular weight excluding hydrogens is 376 g/mol. The van der Waals surface area contributed by atoms with Crippen molar-refractivity contribution in [3.05, 3.63) is 69.8 Å². The lowest BCUT2D eigenvalue weighted by atomic mass is 9.91. The van der Waals surface area contributed by atoms with Crippen LogP contribution in [0.3, 0.4) is 0 Å². The number of para-hydroxylation sites is 1. The first kappa shape index (κ1) is 16.4. The molecule has 3 nitrogen and oxygen atoms in total. The number of aryl methyl sites for hydroxylation is 1. The fraction of sp³-hybridized carbons (Fsp3) is 0.286. The Morgan fingerprint density at radius 1 is 1.20 bits per heavy atom. The Kier molecular flexibility index (Phi) is 4.38. The fourth-order valence-electron chi connectivity index (χ4n) is 3.95. The van der Waals surface area contributed by atoms with E-state index < -0.39 is 0 Å². The Morgan fingerprint density at radius 2 is 1.96 bits per heavy atom. The van der Waals surface area contributed by atoms with Gasteiger partial charge in [-0.1, -0.05) is 52.3 Å². The Balaban J connectivity index is 1.50. The molecule has 0 bridgehead atoms. The summed E-state index contributed by atoms with van der Waals surface area (Å²) < 4.78 is 3.30. The van der Waals surface area contributed by atoms with Crippen molar-refractivity contribution >= 4 is 32.7 Å². The number of hydrogen-bond donors (Lipinski definition) is 1. The third-order valence-electron chi connectivity index (χ3n) is 5.20. The van der Waals surface area contributed by atoms with Gasteiger partial charge in [0.05, 0.1) is 6.42 Å². The van der Waals surface area contributed by atoms with Crippen LogP contribution >= 0.6 is 15.9 Å². The van der Waals surface area contributed by atoms with Gasteiger partial charge in [-0.15, -0.1) is 0 Å². The zero-order valence-electron chi connectivity index (χ0n) is 14.3. The van der Waals surface area contributed by atoms with E-state index in [-0.39, 0.29) is 11.9 Å². The van der Waals surface area contributed by atoms with Crippen molar-refractivity contribution in [3.8, 4) is 0 Å². The number of halogens is 1. The quantitative estimate of drug-likeness (QED) is 0.708. The van der Waals surface area contributed by atoms with Crippen LogP contribution in [0.15, 0.2) is 53.0 Å². The summed E-state index contributed by atoms with van der Waals surface area (Å²) in [6, 6.07) is 16.7. The molecular formula is C21H21BrN2O. The van der Waals surface area contributed by atoms with E-state index in [0.29, 0.717) is 6.42 Å². The molecule has 0 saturated heterocycles. The van der Waals surface area contributed by atoms with Crippen molar-refractivity contribution in [2.45, 2.75) is 31.7 Å². The maximum absolute atomic E-state index is 12.5. The summed E-state index contributed by atoms with van der Waals surface area (Å²) in [7, 11) is 2.15. The van der Waals surface area contributed by atoms with E-state index in [9.17, 15) is 4.79 Å². The first-order valence-electron chi connectivity index (χ1n) is 8.71. The second kappa shape index (κ2) is 6.68. The first-order valence-corrected chi connectivity index (χ1v) is 9.50. The summed E-state index contributed by atoms with van der Waals surface area (Å²) >= 11 is 3.52. The van der Waals surface area contributed by atoms with Gasteiger partial charge in [-0.2, -0.15) is 0 Å². The van der Waals surface area contributed by atoms with Gasteiger partial charge < -0.3 is 9.88 Å². The molecule has 0 spiro atoms. The topological polar surface area (TPSA) is 34.0 Å². The van der Waals surface area contributed by atoms with E-state index in [4.69, 9.17) is 0 Å². The monoisotopic (exact) mass is 396 g/mol. The maximum Gasteiger partial charge on any atom is 0.224 e. The molecule has 1 atom stereocenters. The highest BCUT2D eigenvalue weighted by molar-refractivity contribution is 9.10. The molecule has 0 radical (unpaired) electrons. The number of rotatable bonds is 3. The first-order chi connectivity index (χ1) is 12.1. The van der Waals surface area contributed by atoms with E-state index in [0.717, 1.165) is 29.3 Å². The number of nitrogens with one attached hydrogen (secondary N) is 1. The summed E-state index contributed by atoms with van der Waals surface area (Å²) in [6.07, 6.45) is 3.35. The third-order valence-corrected chi connectivity index (χ3v) is 5.97. The summed E-state index contributed by atoms with van der Waals surface area (Å²) in [5.74, 6) is 0.0978. The number of benzene rings is 2. The van der Waals surface area contributed by atoms with Gasteiger partial charge in [0.15, 0.2) is 0 Å². The summed E-state index contributed by atoms with van der Waals surface area (Å²) in [4.78, 5) is 12.5. The van der Waals surface area contributed by atoms with Crippen LogP contribution in [0.5, 0.6) is 0 Å². The van der Waals surface area contributed by atoms with Crippen molar-refractivity contribution in [1.29, 1.82) is 0 Å². The molecule has 4 heteroatoms. The lowest BCUT2D eigenvalue weighted by molar-refractivity contribution is -0.121. The van der Waals surface area contributed by atoms with Crippen LogP contribution in [-0.2, 0) is 31.1 Å². The highest BCUT2D eigenvalue weighted by atomic mass is 79.9. The van der Waals surface area contributed by atoms with E-state index in [1.165, 1.54) is 22.2 Å². The molecule has 2 aromatic carbocycles. The molecule has 25 heavy (non-hydrogen) atoms. The van der Waals surface area contributed by atoms with Crippen LogP contribution in [0.2, 0.25) is 0 Å². The second-order valence-electron chi connectivity index (χ2n) is 6.78. The zero-order valence-corrected chi connectivity index (χ0v) is 15.8. The van der Waals surface area contributed by atoms with Gasteiger partial charge in [-0.3, -0.25) is 4.79 Å². The molecule has 1 aliphatic rings. The smallest absolute Gasteiger partial charge is 0.224 e. The van der Waals surface area contributed by atoms with Crippen molar-refractivity contribution < 1.29 is 4.79 Å². The highest BCUT2D eigenvalue weighted by Gasteiger charge is 2.25. The minimum absolute atomic E-state index is 0.0978. The molecule has 0 fully saturated rings. The maximum atomic E-state index is 12.5. The molecule has 128 valence electrons. The number of carbonyl (C=O) groups is 1. The molecule has 0 aliphatic heterocycles. The minimum Gasteiger partial charge on any atom is -0.353 e. The van der Waals surface area contributed by atoms with Gasteiger partial charge in [0, 0.05) is 34.2 Å². The van der Waals surface area contributed by atoms with Crippen molar-refractivity contribution in [2.24, 2.45) is 7.05 Å². The van der Waals surface area contributed by atoms with E-state index in [1.807, 2.05) is 24.3 Å². The van der Waals surface area contributed by atoms with Crippen LogP contribution in [0.25, 0.3) is 10.9 Å². The number of aromatic nitrogens is 1. The second-order valence-corrected chi connectivity index (χ2v) is 7.63. The predicted octanol–water partition coefficient (Wildman–Crippen LogP) is 4.16. The average Bonchev–Trinajstić information content (AvgIpc) is 2.90. The summed E-state index contributed by atoms with van der Waals surface area (Å²) in [5, 5.41) is 4.56. The zero-order chi connectivity index (χ0) is 17.4. The van der Waals surface area contributed by atoms with E-state index in [2.05, 4.69) is 57.1 Å². The SMILES string of the molecule is Cn1c2c(c3ccccc31)CC(NC(=O)Cc1ccccc1Br)CC2. The normalized spacial score (nSPS) is 16.6. The number of fused-ring (bicyclic) bond motifs is 3. The van der Waals surface area contributed by atoms with Crippen molar-refractivity contribution in [3.63, 3.8) is 0 Å². The van der Waals surface area contributed by atoms with Crippen LogP contribution in [0.4, 0.5) is 0 Å². The number of nitrogens with zero attached hydrogens (tertiary/aromatic N) is 1. The third kappa shape index (κ3) is 3.11. The lowest BCUT2D eigenvalue weighted by Crippen LogP contribution is -2.39. The Bertz CT molecular complexity index is 944. The fourth-order valence-corrected chi connectivity index (χ4v) is 4.37. The molecule has 0 saturated carbocycles. The molecule has 1 aromatic heterocycles. The molecule has 4 rings (SSSR count). The van der Waals surface area contributed by atoms with Crippen molar-refractivity contribution in [1.82, 2.24) is 9.88 Å².